The lowest BCUT2D eigenvalue weighted by Crippen LogP contribution is -2.39. The molecule has 0 N–H and O–H groups in total. The summed E-state index contributed by atoms with van der Waals surface area (Å²) in [6.07, 6.45) is 6.66. The number of carbonyl (C=O) groups excluding carboxylic acids is 2. The number of azo groups is 1. The highest BCUT2D eigenvalue weighted by atomic mass is 16.2. The molecule has 0 radical (unpaired) electrons. The fourth-order valence-corrected chi connectivity index (χ4v) is 3.45. The summed E-state index contributed by atoms with van der Waals surface area (Å²) in [5.74, 6) is 0.0884. The second-order valence-corrected chi connectivity index (χ2v) is 6.27. The molecular weight excluding hydrogens is 266 g/mol. The Morgan fingerprint density at radius 1 is 1.10 bits per heavy atom. The lowest BCUT2D eigenvalue weighted by atomic mass is 9.81. The second-order valence-electron chi connectivity index (χ2n) is 6.27. The van der Waals surface area contributed by atoms with Gasteiger partial charge in [0.2, 0.25) is 11.8 Å². The molecular formula is C16H27N3O2. The zero-order valence-corrected chi connectivity index (χ0v) is 13.3. The first kappa shape index (κ1) is 16.1. The SMILES string of the molecule is CCCN=NCCCC(C)N1C(=O)C2CCCCC2C1=O. The molecule has 5 heteroatoms. The fraction of sp³-hybridized carbons (Fsp3) is 0.875. The molecule has 1 saturated heterocycles. The van der Waals surface area contributed by atoms with Crippen molar-refractivity contribution in [3.8, 4) is 0 Å². The van der Waals surface area contributed by atoms with Gasteiger partial charge in [-0.15, -0.1) is 0 Å². The van der Waals surface area contributed by atoms with E-state index in [1.165, 1.54) is 0 Å². The molecule has 3 unspecified atom stereocenters. The summed E-state index contributed by atoms with van der Waals surface area (Å²) in [6.45, 7) is 5.52. The molecule has 2 fully saturated rings. The molecule has 0 bridgehead atoms. The van der Waals surface area contributed by atoms with Gasteiger partial charge < -0.3 is 0 Å². The Hall–Kier alpha value is -1.26. The number of hydrogen-bond acceptors (Lipinski definition) is 4. The van der Waals surface area contributed by atoms with Crippen LogP contribution in [0.1, 0.15) is 58.8 Å². The van der Waals surface area contributed by atoms with Gasteiger partial charge in [-0.25, -0.2) is 0 Å². The largest absolute Gasteiger partial charge is 0.279 e. The highest BCUT2D eigenvalue weighted by molar-refractivity contribution is 6.05. The summed E-state index contributed by atoms with van der Waals surface area (Å²) in [4.78, 5) is 26.4. The molecule has 1 heterocycles. The topological polar surface area (TPSA) is 62.1 Å². The van der Waals surface area contributed by atoms with Gasteiger partial charge in [0, 0.05) is 6.04 Å². The first-order valence-electron chi connectivity index (χ1n) is 8.37. The van der Waals surface area contributed by atoms with Crippen LogP contribution in [0, 0.1) is 11.8 Å². The highest BCUT2D eigenvalue weighted by Gasteiger charge is 2.49. The second kappa shape index (κ2) is 7.66. The minimum Gasteiger partial charge on any atom is -0.279 e. The third-order valence-electron chi connectivity index (χ3n) is 4.62. The summed E-state index contributed by atoms with van der Waals surface area (Å²) < 4.78 is 0. The first-order chi connectivity index (χ1) is 10.2. The van der Waals surface area contributed by atoms with Gasteiger partial charge in [-0.2, -0.15) is 10.2 Å². The van der Waals surface area contributed by atoms with Crippen LogP contribution >= 0.6 is 0 Å². The minimum absolute atomic E-state index is 0.00280. The van der Waals surface area contributed by atoms with E-state index in [-0.39, 0.29) is 29.7 Å². The Balaban J connectivity index is 1.83. The van der Waals surface area contributed by atoms with Crippen LogP contribution in [-0.4, -0.2) is 35.8 Å². The van der Waals surface area contributed by atoms with Crippen LogP contribution in [0.15, 0.2) is 10.2 Å². The zero-order valence-electron chi connectivity index (χ0n) is 13.3. The summed E-state index contributed by atoms with van der Waals surface area (Å²) in [5.41, 5.74) is 0. The fourth-order valence-electron chi connectivity index (χ4n) is 3.45. The molecule has 5 nitrogen and oxygen atoms in total. The van der Waals surface area contributed by atoms with E-state index >= 15 is 0 Å². The van der Waals surface area contributed by atoms with Gasteiger partial charge in [-0.05, 0) is 39.0 Å². The summed E-state index contributed by atoms with van der Waals surface area (Å²) >= 11 is 0. The molecule has 0 aromatic rings. The normalized spacial score (nSPS) is 27.4. The van der Waals surface area contributed by atoms with Crippen molar-refractivity contribution >= 4 is 11.8 Å². The van der Waals surface area contributed by atoms with E-state index < -0.39 is 0 Å². The summed E-state index contributed by atoms with van der Waals surface area (Å²) in [5, 5.41) is 8.16. The van der Waals surface area contributed by atoms with E-state index in [4.69, 9.17) is 0 Å². The maximum atomic E-state index is 12.4. The zero-order chi connectivity index (χ0) is 15.2. The van der Waals surface area contributed by atoms with E-state index in [1.54, 1.807) is 4.90 Å². The maximum absolute atomic E-state index is 12.4. The van der Waals surface area contributed by atoms with Crippen molar-refractivity contribution in [2.24, 2.45) is 22.1 Å². The molecule has 0 aromatic carbocycles. The van der Waals surface area contributed by atoms with Crippen LogP contribution in [-0.2, 0) is 9.59 Å². The molecule has 0 spiro atoms. The number of fused-ring (bicyclic) bond motifs is 1. The van der Waals surface area contributed by atoms with Gasteiger partial charge in [0.1, 0.15) is 0 Å². The number of likely N-dealkylation sites (tertiary alicyclic amines) is 1. The predicted molar refractivity (Wildman–Crippen MR) is 80.9 cm³/mol. The molecule has 1 saturated carbocycles. The van der Waals surface area contributed by atoms with E-state index in [1.807, 2.05) is 6.92 Å². The number of nitrogens with zero attached hydrogens (tertiary/aromatic N) is 3. The van der Waals surface area contributed by atoms with E-state index in [0.29, 0.717) is 6.54 Å². The van der Waals surface area contributed by atoms with E-state index in [2.05, 4.69) is 17.2 Å². The molecule has 1 aliphatic carbocycles. The van der Waals surface area contributed by atoms with E-state index in [0.717, 1.165) is 51.5 Å². The number of carbonyl (C=O) groups is 2. The highest BCUT2D eigenvalue weighted by Crippen LogP contribution is 2.39. The van der Waals surface area contributed by atoms with Crippen LogP contribution in [0.25, 0.3) is 0 Å². The minimum atomic E-state index is -0.0297. The van der Waals surface area contributed by atoms with Crippen molar-refractivity contribution in [1.29, 1.82) is 0 Å². The Morgan fingerprint density at radius 3 is 2.24 bits per heavy atom. The molecule has 21 heavy (non-hydrogen) atoms. The van der Waals surface area contributed by atoms with Crippen LogP contribution in [0.3, 0.4) is 0 Å². The van der Waals surface area contributed by atoms with E-state index in [9.17, 15) is 9.59 Å². The standard InChI is InChI=1S/C16H27N3O2/c1-3-10-17-18-11-6-7-12(2)19-15(20)13-8-4-5-9-14(13)16(19)21/h12-14H,3-11H2,1-2H3. The van der Waals surface area contributed by atoms with Gasteiger partial charge in [0.05, 0.1) is 24.9 Å². The molecule has 0 aromatic heterocycles. The van der Waals surface area contributed by atoms with Crippen LogP contribution in [0.2, 0.25) is 0 Å². The summed E-state index contributed by atoms with van der Waals surface area (Å²) in [6, 6.07) is -0.00280. The van der Waals surface area contributed by atoms with Crippen molar-refractivity contribution in [1.82, 2.24) is 4.90 Å². The molecule has 3 atom stereocenters. The molecule has 2 amide bonds. The Labute approximate surface area is 127 Å². The monoisotopic (exact) mass is 293 g/mol. The van der Waals surface area contributed by atoms with Crippen LogP contribution < -0.4 is 0 Å². The Kier molecular flexibility index (Phi) is 5.88. The van der Waals surface area contributed by atoms with Crippen molar-refractivity contribution in [3.05, 3.63) is 0 Å². The van der Waals surface area contributed by atoms with Gasteiger partial charge in [0.25, 0.3) is 0 Å². The average Bonchev–Trinajstić information content (AvgIpc) is 2.75. The summed E-state index contributed by atoms with van der Waals surface area (Å²) in [7, 11) is 0. The Bertz CT molecular complexity index is 384. The quantitative estimate of drug-likeness (QED) is 0.411. The molecule has 2 rings (SSSR count). The van der Waals surface area contributed by atoms with Gasteiger partial charge in [-0.3, -0.25) is 14.5 Å². The molecule has 118 valence electrons. The van der Waals surface area contributed by atoms with Gasteiger partial charge in [0.15, 0.2) is 0 Å². The Morgan fingerprint density at radius 2 is 1.67 bits per heavy atom. The van der Waals surface area contributed by atoms with Crippen molar-refractivity contribution < 1.29 is 9.59 Å². The first-order valence-corrected chi connectivity index (χ1v) is 8.37. The molecule has 1 aliphatic heterocycles. The lowest BCUT2D eigenvalue weighted by Gasteiger charge is -2.22. The van der Waals surface area contributed by atoms with Crippen LogP contribution in [0.4, 0.5) is 0 Å². The van der Waals surface area contributed by atoms with Gasteiger partial charge in [-0.1, -0.05) is 19.8 Å². The number of rotatable bonds is 7. The smallest absolute Gasteiger partial charge is 0.233 e. The maximum Gasteiger partial charge on any atom is 0.233 e. The van der Waals surface area contributed by atoms with Crippen molar-refractivity contribution in [3.63, 3.8) is 0 Å². The van der Waals surface area contributed by atoms with Crippen LogP contribution in [0.5, 0.6) is 0 Å². The third-order valence-corrected chi connectivity index (χ3v) is 4.62. The third kappa shape index (κ3) is 3.69. The number of hydrogen-bond donors (Lipinski definition) is 0. The average molecular weight is 293 g/mol. The predicted octanol–water partition coefficient (Wildman–Crippen LogP) is 3.19. The van der Waals surface area contributed by atoms with Crippen molar-refractivity contribution in [2.45, 2.75) is 64.8 Å². The van der Waals surface area contributed by atoms with Crippen molar-refractivity contribution in [2.75, 3.05) is 13.1 Å². The lowest BCUT2D eigenvalue weighted by molar-refractivity contribution is -0.142. The number of imide groups is 1. The number of amides is 2. The van der Waals surface area contributed by atoms with Gasteiger partial charge >= 0.3 is 0 Å². The molecule has 2 aliphatic rings.